The molecule has 1 aromatic carbocycles. The minimum absolute atomic E-state index is 0.305. The van der Waals surface area contributed by atoms with Crippen molar-refractivity contribution in [3.63, 3.8) is 0 Å². The Hall–Kier alpha value is -2.43. The normalized spacial score (nSPS) is 23.2. The van der Waals surface area contributed by atoms with Crippen LogP contribution in [-0.4, -0.2) is 35.4 Å². The monoisotopic (exact) mass is 343 g/mol. The van der Waals surface area contributed by atoms with Crippen molar-refractivity contribution in [3.8, 4) is 0 Å². The second-order valence-corrected chi connectivity index (χ2v) is 6.26. The van der Waals surface area contributed by atoms with Gasteiger partial charge in [-0.2, -0.15) is 0 Å². The molecule has 0 saturated heterocycles. The molecular formula is C20H25NO4. The number of carboxylic acid groups (broad SMARTS) is 1. The molecule has 5 nitrogen and oxygen atoms in total. The predicted molar refractivity (Wildman–Crippen MR) is 96.8 cm³/mol. The van der Waals surface area contributed by atoms with Crippen molar-refractivity contribution in [2.24, 2.45) is 10.4 Å². The fourth-order valence-electron chi connectivity index (χ4n) is 3.45. The van der Waals surface area contributed by atoms with Crippen LogP contribution in [0, 0.1) is 5.41 Å². The van der Waals surface area contributed by atoms with E-state index in [1.807, 2.05) is 37.3 Å². The third-order valence-corrected chi connectivity index (χ3v) is 4.79. The van der Waals surface area contributed by atoms with Gasteiger partial charge in [0, 0.05) is 0 Å². The first-order valence-electron chi connectivity index (χ1n) is 8.65. The highest BCUT2D eigenvalue weighted by Gasteiger charge is 2.49. The molecule has 0 spiro atoms. The molecule has 0 radical (unpaired) electrons. The number of esters is 1. The Kier molecular flexibility index (Phi) is 5.77. The highest BCUT2D eigenvalue weighted by molar-refractivity contribution is 6.19. The SMILES string of the molecule is CCCOC(=O)C1=C(C)C(CC)(C(=O)O)C(c2ccccc2)=NC1C. The van der Waals surface area contributed by atoms with Crippen LogP contribution in [0.5, 0.6) is 0 Å². The van der Waals surface area contributed by atoms with E-state index in [2.05, 4.69) is 4.99 Å². The molecule has 0 fully saturated rings. The van der Waals surface area contributed by atoms with Gasteiger partial charge >= 0.3 is 11.9 Å². The van der Waals surface area contributed by atoms with Gasteiger partial charge in [0.1, 0.15) is 5.41 Å². The van der Waals surface area contributed by atoms with Crippen molar-refractivity contribution in [2.75, 3.05) is 6.61 Å². The molecule has 2 atom stereocenters. The molecule has 2 rings (SSSR count). The lowest BCUT2D eigenvalue weighted by molar-refractivity contribution is -0.143. The lowest BCUT2D eigenvalue weighted by Crippen LogP contribution is -2.46. The summed E-state index contributed by atoms with van der Waals surface area (Å²) in [5.41, 5.74) is 0.815. The largest absolute Gasteiger partial charge is 0.480 e. The van der Waals surface area contributed by atoms with Gasteiger partial charge in [0.05, 0.1) is 23.9 Å². The fourth-order valence-corrected chi connectivity index (χ4v) is 3.45. The molecule has 0 saturated carbocycles. The molecule has 1 heterocycles. The molecule has 5 heteroatoms. The van der Waals surface area contributed by atoms with Crippen molar-refractivity contribution >= 4 is 17.7 Å². The van der Waals surface area contributed by atoms with Crippen LogP contribution in [0.1, 0.15) is 46.1 Å². The van der Waals surface area contributed by atoms with E-state index in [0.717, 1.165) is 5.56 Å². The molecule has 1 aromatic rings. The summed E-state index contributed by atoms with van der Waals surface area (Å²) in [6.45, 7) is 7.55. The van der Waals surface area contributed by atoms with Gasteiger partial charge in [0.15, 0.2) is 0 Å². The van der Waals surface area contributed by atoms with Crippen molar-refractivity contribution < 1.29 is 19.4 Å². The number of aliphatic carboxylic acids is 1. The minimum Gasteiger partial charge on any atom is -0.480 e. The maximum atomic E-state index is 12.5. The Bertz CT molecular complexity index is 720. The Morgan fingerprint density at radius 1 is 1.24 bits per heavy atom. The average Bonchev–Trinajstić information content (AvgIpc) is 2.60. The Balaban J connectivity index is 2.63. The van der Waals surface area contributed by atoms with Crippen LogP contribution >= 0.6 is 0 Å². The Morgan fingerprint density at radius 3 is 2.40 bits per heavy atom. The summed E-state index contributed by atoms with van der Waals surface area (Å²) >= 11 is 0. The zero-order chi connectivity index (χ0) is 18.6. The molecule has 25 heavy (non-hydrogen) atoms. The van der Waals surface area contributed by atoms with Crippen molar-refractivity contribution in [2.45, 2.75) is 46.6 Å². The highest BCUT2D eigenvalue weighted by Crippen LogP contribution is 2.42. The van der Waals surface area contributed by atoms with Gasteiger partial charge in [0.25, 0.3) is 0 Å². The summed E-state index contributed by atoms with van der Waals surface area (Å²) in [6, 6.07) is 8.85. The predicted octanol–water partition coefficient (Wildman–Crippen LogP) is 3.63. The zero-order valence-electron chi connectivity index (χ0n) is 15.2. The molecule has 0 bridgehead atoms. The maximum absolute atomic E-state index is 12.5. The van der Waals surface area contributed by atoms with Crippen LogP contribution in [0.25, 0.3) is 0 Å². The van der Waals surface area contributed by atoms with E-state index < -0.39 is 23.4 Å². The van der Waals surface area contributed by atoms with E-state index in [4.69, 9.17) is 4.74 Å². The number of ether oxygens (including phenoxy) is 1. The van der Waals surface area contributed by atoms with E-state index in [9.17, 15) is 14.7 Å². The van der Waals surface area contributed by atoms with Gasteiger partial charge in [-0.3, -0.25) is 9.79 Å². The Labute approximate surface area is 148 Å². The van der Waals surface area contributed by atoms with Crippen molar-refractivity contribution in [1.29, 1.82) is 0 Å². The number of benzene rings is 1. The second kappa shape index (κ2) is 7.64. The zero-order valence-corrected chi connectivity index (χ0v) is 15.2. The number of dihydropyridines is 1. The van der Waals surface area contributed by atoms with Crippen LogP contribution in [-0.2, 0) is 14.3 Å². The van der Waals surface area contributed by atoms with E-state index in [0.29, 0.717) is 36.3 Å². The summed E-state index contributed by atoms with van der Waals surface area (Å²) in [5, 5.41) is 10.1. The molecule has 0 aromatic heterocycles. The molecule has 1 N–H and O–H groups in total. The first kappa shape index (κ1) is 18.9. The molecule has 2 unspecified atom stereocenters. The molecule has 134 valence electrons. The van der Waals surface area contributed by atoms with Crippen LogP contribution in [0.4, 0.5) is 0 Å². The lowest BCUT2D eigenvalue weighted by Gasteiger charge is -2.37. The molecule has 0 aliphatic carbocycles. The standard InChI is InChI=1S/C20H25NO4/c1-5-12-25-18(22)16-13(3)20(6-2,19(23)24)17(21-14(16)4)15-10-8-7-9-11-15/h7-11,14H,5-6,12H2,1-4H3,(H,23,24). The number of hydrogen-bond acceptors (Lipinski definition) is 4. The number of carbonyl (C=O) groups is 2. The van der Waals surface area contributed by atoms with Gasteiger partial charge in [0.2, 0.25) is 0 Å². The number of carbonyl (C=O) groups excluding carboxylic acids is 1. The molecule has 0 amide bonds. The number of aliphatic imine (C=N–C) groups is 1. The average molecular weight is 343 g/mol. The number of rotatable bonds is 6. The van der Waals surface area contributed by atoms with Crippen LogP contribution in [0.15, 0.2) is 46.5 Å². The van der Waals surface area contributed by atoms with Crippen molar-refractivity contribution in [1.82, 2.24) is 0 Å². The fraction of sp³-hybridized carbons (Fsp3) is 0.450. The van der Waals surface area contributed by atoms with Crippen molar-refractivity contribution in [3.05, 3.63) is 47.0 Å². The summed E-state index contributed by atoms with van der Waals surface area (Å²) in [4.78, 5) is 29.5. The first-order valence-corrected chi connectivity index (χ1v) is 8.65. The number of hydrogen-bond donors (Lipinski definition) is 1. The summed E-state index contributed by atoms with van der Waals surface area (Å²) < 4.78 is 5.27. The Morgan fingerprint density at radius 2 is 1.88 bits per heavy atom. The highest BCUT2D eigenvalue weighted by atomic mass is 16.5. The minimum atomic E-state index is -1.32. The second-order valence-electron chi connectivity index (χ2n) is 6.26. The number of carboxylic acids is 1. The van der Waals surface area contributed by atoms with E-state index >= 15 is 0 Å². The summed E-state index contributed by atoms with van der Waals surface area (Å²) in [6.07, 6.45) is 1.02. The third-order valence-electron chi connectivity index (χ3n) is 4.79. The van der Waals surface area contributed by atoms with Gasteiger partial charge in [-0.1, -0.05) is 44.2 Å². The number of nitrogens with zero attached hydrogens (tertiary/aromatic N) is 1. The molecule has 1 aliphatic rings. The van der Waals surface area contributed by atoms with Gasteiger partial charge in [-0.15, -0.1) is 0 Å². The summed E-state index contributed by atoms with van der Waals surface area (Å²) in [7, 11) is 0. The lowest BCUT2D eigenvalue weighted by atomic mass is 9.68. The van der Waals surface area contributed by atoms with E-state index in [-0.39, 0.29) is 0 Å². The molecular weight excluding hydrogens is 318 g/mol. The third kappa shape index (κ3) is 3.23. The first-order chi connectivity index (χ1) is 11.9. The summed E-state index contributed by atoms with van der Waals surface area (Å²) in [5.74, 6) is -1.47. The van der Waals surface area contributed by atoms with Crippen LogP contribution < -0.4 is 0 Å². The molecule has 1 aliphatic heterocycles. The van der Waals surface area contributed by atoms with Crippen LogP contribution in [0.2, 0.25) is 0 Å². The van der Waals surface area contributed by atoms with E-state index in [1.165, 1.54) is 0 Å². The van der Waals surface area contributed by atoms with Gasteiger partial charge in [-0.05, 0) is 37.8 Å². The van der Waals surface area contributed by atoms with Crippen LogP contribution in [0.3, 0.4) is 0 Å². The smallest absolute Gasteiger partial charge is 0.336 e. The van der Waals surface area contributed by atoms with Gasteiger partial charge in [-0.25, -0.2) is 4.79 Å². The topological polar surface area (TPSA) is 76.0 Å². The van der Waals surface area contributed by atoms with Gasteiger partial charge < -0.3 is 9.84 Å². The quantitative estimate of drug-likeness (QED) is 0.800. The van der Waals surface area contributed by atoms with E-state index in [1.54, 1.807) is 20.8 Å². The maximum Gasteiger partial charge on any atom is 0.336 e.